The van der Waals surface area contributed by atoms with Gasteiger partial charge < -0.3 is 10.6 Å². The van der Waals surface area contributed by atoms with Gasteiger partial charge in [-0.2, -0.15) is 0 Å². The number of carbonyl (C=O) groups excluding carboxylic acids is 2. The Bertz CT molecular complexity index is 1200. The monoisotopic (exact) mass is 452 g/mol. The predicted octanol–water partition coefficient (Wildman–Crippen LogP) is 3.58. The zero-order valence-electron chi connectivity index (χ0n) is 18.8. The van der Waals surface area contributed by atoms with Crippen molar-refractivity contribution in [3.8, 4) is 0 Å². The molecule has 7 nitrogen and oxygen atoms in total. The Balaban J connectivity index is 1.61. The number of nitrogens with zero attached hydrogens (tertiary/aromatic N) is 2. The summed E-state index contributed by atoms with van der Waals surface area (Å²) >= 11 is 1.19. The largest absolute Gasteiger partial charge is 0.346 e. The average molecular weight is 453 g/mol. The van der Waals surface area contributed by atoms with Gasteiger partial charge in [-0.25, -0.2) is 4.98 Å². The lowest BCUT2D eigenvalue weighted by atomic mass is 10.1. The van der Waals surface area contributed by atoms with Crippen LogP contribution in [0.2, 0.25) is 0 Å². The first kappa shape index (κ1) is 23.5. The van der Waals surface area contributed by atoms with Crippen molar-refractivity contribution in [1.29, 1.82) is 0 Å². The van der Waals surface area contributed by atoms with Gasteiger partial charge in [0.25, 0.3) is 5.56 Å². The highest BCUT2D eigenvalue weighted by Gasteiger charge is 2.14. The van der Waals surface area contributed by atoms with Crippen LogP contribution in [-0.4, -0.2) is 33.7 Å². The quantitative estimate of drug-likeness (QED) is 0.403. The van der Waals surface area contributed by atoms with E-state index in [1.807, 2.05) is 52.0 Å². The van der Waals surface area contributed by atoms with Gasteiger partial charge in [-0.1, -0.05) is 48.5 Å². The van der Waals surface area contributed by atoms with Crippen LogP contribution < -0.4 is 16.2 Å². The molecule has 1 heterocycles. The lowest BCUT2D eigenvalue weighted by Crippen LogP contribution is -2.34. The van der Waals surface area contributed by atoms with E-state index < -0.39 is 0 Å². The summed E-state index contributed by atoms with van der Waals surface area (Å²) in [7, 11) is 0. The first-order valence-electron chi connectivity index (χ1n) is 10.6. The summed E-state index contributed by atoms with van der Waals surface area (Å²) in [6.07, 6.45) is 0.775. The van der Waals surface area contributed by atoms with Crippen LogP contribution in [0.3, 0.4) is 0 Å². The number of anilines is 1. The van der Waals surface area contributed by atoms with Crippen molar-refractivity contribution in [2.45, 2.75) is 45.8 Å². The second-order valence-electron chi connectivity index (χ2n) is 7.76. The van der Waals surface area contributed by atoms with Crippen molar-refractivity contribution in [1.82, 2.24) is 14.9 Å². The van der Waals surface area contributed by atoms with Gasteiger partial charge in [-0.05, 0) is 50.5 Å². The number of carbonyl (C=O) groups is 2. The number of benzene rings is 2. The van der Waals surface area contributed by atoms with Gasteiger partial charge in [0, 0.05) is 12.2 Å². The van der Waals surface area contributed by atoms with E-state index in [2.05, 4.69) is 15.6 Å². The topological polar surface area (TPSA) is 93.1 Å². The highest BCUT2D eigenvalue weighted by Crippen LogP contribution is 2.22. The third-order valence-corrected chi connectivity index (χ3v) is 5.97. The highest BCUT2D eigenvalue weighted by atomic mass is 32.2. The molecule has 0 saturated carbocycles. The van der Waals surface area contributed by atoms with Crippen LogP contribution in [0.25, 0.3) is 10.9 Å². The fourth-order valence-electron chi connectivity index (χ4n) is 3.60. The fraction of sp³-hybridized carbons (Fsp3) is 0.333. The Morgan fingerprint density at radius 1 is 1.06 bits per heavy atom. The number of para-hydroxylation sites is 1. The summed E-state index contributed by atoms with van der Waals surface area (Å²) in [4.78, 5) is 42.0. The minimum atomic E-state index is -0.298. The van der Waals surface area contributed by atoms with Crippen molar-refractivity contribution in [3.63, 3.8) is 0 Å². The van der Waals surface area contributed by atoms with Crippen LogP contribution in [0.1, 0.15) is 30.0 Å². The number of fused-ring (bicyclic) bond motifs is 1. The maximum absolute atomic E-state index is 12.8. The van der Waals surface area contributed by atoms with Gasteiger partial charge in [0.2, 0.25) is 11.8 Å². The summed E-state index contributed by atoms with van der Waals surface area (Å²) in [6, 6.07) is 11.2. The van der Waals surface area contributed by atoms with E-state index in [1.165, 1.54) is 11.8 Å². The van der Waals surface area contributed by atoms with E-state index in [0.29, 0.717) is 22.6 Å². The summed E-state index contributed by atoms with van der Waals surface area (Å²) in [6.45, 7) is 8.28. The van der Waals surface area contributed by atoms with Gasteiger partial charge in [0.1, 0.15) is 0 Å². The Hall–Kier alpha value is -3.13. The molecule has 2 aromatic carbocycles. The molecule has 2 amide bonds. The molecule has 0 spiro atoms. The number of aromatic nitrogens is 2. The van der Waals surface area contributed by atoms with Crippen LogP contribution in [-0.2, 0) is 16.1 Å². The Kier molecular flexibility index (Phi) is 7.69. The average Bonchev–Trinajstić information content (AvgIpc) is 2.75. The zero-order chi connectivity index (χ0) is 23.3. The number of thioether (sulfide) groups is 1. The molecule has 3 rings (SSSR count). The molecule has 0 aliphatic rings. The van der Waals surface area contributed by atoms with Crippen molar-refractivity contribution < 1.29 is 9.59 Å². The molecule has 0 radical (unpaired) electrons. The predicted molar refractivity (Wildman–Crippen MR) is 129 cm³/mol. The summed E-state index contributed by atoms with van der Waals surface area (Å²) in [5, 5.41) is 6.57. The maximum atomic E-state index is 12.8. The Morgan fingerprint density at radius 3 is 2.44 bits per heavy atom. The minimum Gasteiger partial charge on any atom is -0.346 e. The van der Waals surface area contributed by atoms with Crippen LogP contribution in [0.15, 0.2) is 46.3 Å². The molecule has 32 heavy (non-hydrogen) atoms. The van der Waals surface area contributed by atoms with E-state index in [1.54, 1.807) is 16.7 Å². The van der Waals surface area contributed by atoms with E-state index in [-0.39, 0.29) is 29.7 Å². The van der Waals surface area contributed by atoms with E-state index in [0.717, 1.165) is 28.8 Å². The molecule has 0 fully saturated rings. The van der Waals surface area contributed by atoms with Gasteiger partial charge in [0.15, 0.2) is 5.16 Å². The molecule has 1 aromatic heterocycles. The molecule has 8 heteroatoms. The molecule has 0 unspecified atom stereocenters. The number of hydrogen-bond donors (Lipinski definition) is 2. The highest BCUT2D eigenvalue weighted by molar-refractivity contribution is 7.99. The standard InChI is InChI=1S/C24H28N4O3S/c1-5-10-28-23(31)18-8-6-7-9-19(18)26-24(28)32-14-21(30)25-13-20(29)27-22-16(3)11-15(2)12-17(22)4/h6-9,11-12H,5,10,13-14H2,1-4H3,(H,25,30)(H,27,29). The minimum absolute atomic E-state index is 0.0599. The maximum Gasteiger partial charge on any atom is 0.262 e. The summed E-state index contributed by atoms with van der Waals surface area (Å²) in [5.74, 6) is -0.525. The SMILES string of the molecule is CCCn1c(SCC(=O)NCC(=O)Nc2c(C)cc(C)cc2C)nc2ccccc2c1=O. The molecule has 168 valence electrons. The number of rotatable bonds is 8. The second-order valence-corrected chi connectivity index (χ2v) is 8.70. The van der Waals surface area contributed by atoms with Gasteiger partial charge in [-0.15, -0.1) is 0 Å². The van der Waals surface area contributed by atoms with Crippen molar-refractivity contribution >= 4 is 40.2 Å². The summed E-state index contributed by atoms with van der Waals surface area (Å²) in [5.41, 5.74) is 4.36. The van der Waals surface area contributed by atoms with E-state index >= 15 is 0 Å². The second kappa shape index (κ2) is 10.5. The van der Waals surface area contributed by atoms with Crippen LogP contribution in [0.4, 0.5) is 5.69 Å². The van der Waals surface area contributed by atoms with Gasteiger partial charge >= 0.3 is 0 Å². The number of amides is 2. The zero-order valence-corrected chi connectivity index (χ0v) is 19.6. The first-order chi connectivity index (χ1) is 15.3. The molecule has 0 atom stereocenters. The molecular formula is C24H28N4O3S. The Labute approximate surface area is 191 Å². The van der Waals surface area contributed by atoms with Crippen LogP contribution in [0.5, 0.6) is 0 Å². The molecular weight excluding hydrogens is 424 g/mol. The number of nitrogens with one attached hydrogen (secondary N) is 2. The van der Waals surface area contributed by atoms with E-state index in [4.69, 9.17) is 0 Å². The molecule has 2 N–H and O–H groups in total. The lowest BCUT2D eigenvalue weighted by Gasteiger charge is -2.14. The molecule has 3 aromatic rings. The summed E-state index contributed by atoms with van der Waals surface area (Å²) < 4.78 is 1.61. The third-order valence-electron chi connectivity index (χ3n) is 4.99. The molecule has 0 aliphatic heterocycles. The van der Waals surface area contributed by atoms with Crippen molar-refractivity contribution in [2.24, 2.45) is 0 Å². The Morgan fingerprint density at radius 2 is 1.75 bits per heavy atom. The number of hydrogen-bond acceptors (Lipinski definition) is 5. The first-order valence-corrected chi connectivity index (χ1v) is 11.6. The smallest absolute Gasteiger partial charge is 0.262 e. The normalized spacial score (nSPS) is 10.9. The number of aryl methyl sites for hydroxylation is 3. The van der Waals surface area contributed by atoms with E-state index in [9.17, 15) is 14.4 Å². The van der Waals surface area contributed by atoms with Crippen molar-refractivity contribution in [3.05, 3.63) is 63.4 Å². The molecule has 0 saturated heterocycles. The van der Waals surface area contributed by atoms with Crippen molar-refractivity contribution in [2.75, 3.05) is 17.6 Å². The van der Waals surface area contributed by atoms with Gasteiger partial charge in [-0.3, -0.25) is 19.0 Å². The van der Waals surface area contributed by atoms with Crippen LogP contribution in [0, 0.1) is 20.8 Å². The van der Waals surface area contributed by atoms with Gasteiger partial charge in [0.05, 0.1) is 23.2 Å². The third kappa shape index (κ3) is 5.56. The molecule has 0 aliphatic carbocycles. The van der Waals surface area contributed by atoms with Crippen LogP contribution >= 0.6 is 11.8 Å². The lowest BCUT2D eigenvalue weighted by molar-refractivity contribution is -0.122. The molecule has 0 bridgehead atoms. The fourth-order valence-corrected chi connectivity index (χ4v) is 4.45.